The Balaban J connectivity index is 0.000000214. The number of aliphatic hydroxyl groups excluding tert-OH is 2. The predicted octanol–water partition coefficient (Wildman–Crippen LogP) is 5.30. The maximum Gasteiger partial charge on any atom is 0.437 e. The van der Waals surface area contributed by atoms with Gasteiger partial charge in [-0.25, -0.2) is 4.98 Å². The summed E-state index contributed by atoms with van der Waals surface area (Å²) in [4.78, 5) is 34.6. The number of halogens is 6. The monoisotopic (exact) mass is 792 g/mol. The lowest BCUT2D eigenvalue weighted by Gasteiger charge is -2.19. The lowest BCUT2D eigenvalue weighted by molar-refractivity contribution is -0.143. The van der Waals surface area contributed by atoms with E-state index in [0.717, 1.165) is 35.8 Å². The molecule has 2 N–H and O–H groups in total. The average molecular weight is 793 g/mol. The van der Waals surface area contributed by atoms with Gasteiger partial charge in [0.15, 0.2) is 24.7 Å². The highest BCUT2D eigenvalue weighted by molar-refractivity contribution is 5.78. The molecule has 2 fully saturated rings. The van der Waals surface area contributed by atoms with E-state index >= 15 is 0 Å². The molecule has 56 heavy (non-hydrogen) atoms. The number of benzene rings is 2. The lowest BCUT2D eigenvalue weighted by atomic mass is 10.2. The van der Waals surface area contributed by atoms with Gasteiger partial charge in [-0.1, -0.05) is 24.3 Å². The van der Waals surface area contributed by atoms with Gasteiger partial charge in [-0.05, 0) is 53.6 Å². The number of carbonyl (C=O) groups is 2. The van der Waals surface area contributed by atoms with Crippen molar-refractivity contribution in [3.05, 3.63) is 108 Å². The minimum absolute atomic E-state index is 0.0820. The molecule has 0 saturated carbocycles. The number of nitrogens with zero attached hydrogens (tertiary/aromatic N) is 4. The number of carbonyl (C=O) groups excluding carboxylic acids is 2. The van der Waals surface area contributed by atoms with Crippen molar-refractivity contribution in [3.63, 3.8) is 0 Å². The summed E-state index contributed by atoms with van der Waals surface area (Å²) in [6, 6.07) is 16.8. The summed E-state index contributed by atoms with van der Waals surface area (Å²) >= 11 is 0. The van der Waals surface area contributed by atoms with Gasteiger partial charge in [-0.15, -0.1) is 0 Å². The molecule has 300 valence electrons. The molecule has 0 spiro atoms. The van der Waals surface area contributed by atoms with Gasteiger partial charge in [0.05, 0.1) is 32.5 Å². The van der Waals surface area contributed by atoms with E-state index in [2.05, 4.69) is 9.97 Å². The van der Waals surface area contributed by atoms with E-state index < -0.39 is 35.8 Å². The van der Waals surface area contributed by atoms with Crippen molar-refractivity contribution in [1.82, 2.24) is 19.8 Å². The Bertz CT molecular complexity index is 1760. The third kappa shape index (κ3) is 11.7. The van der Waals surface area contributed by atoms with Gasteiger partial charge in [-0.3, -0.25) is 14.6 Å². The van der Waals surface area contributed by atoms with E-state index in [1.54, 1.807) is 48.5 Å². The Hall–Kier alpha value is -5.62. The minimum atomic E-state index is -4.61. The van der Waals surface area contributed by atoms with Crippen LogP contribution in [0.2, 0.25) is 0 Å². The first-order chi connectivity index (χ1) is 26.7. The second-order valence-electron chi connectivity index (χ2n) is 12.6. The van der Waals surface area contributed by atoms with Gasteiger partial charge in [0, 0.05) is 38.3 Å². The maximum absolute atomic E-state index is 13.0. The molecule has 2 atom stereocenters. The van der Waals surface area contributed by atoms with Crippen LogP contribution in [0, 0.1) is 0 Å². The zero-order valence-electron chi connectivity index (χ0n) is 29.7. The van der Waals surface area contributed by atoms with E-state index in [0.29, 0.717) is 37.4 Å². The summed E-state index contributed by atoms with van der Waals surface area (Å²) in [5.74, 6) is -0.256. The molecule has 2 aromatic heterocycles. The van der Waals surface area contributed by atoms with Crippen LogP contribution in [0.15, 0.2) is 85.3 Å². The van der Waals surface area contributed by atoms with Gasteiger partial charge >= 0.3 is 12.4 Å². The van der Waals surface area contributed by atoms with E-state index in [1.807, 2.05) is 0 Å². The number of pyridine rings is 2. The first-order valence-corrected chi connectivity index (χ1v) is 17.3. The van der Waals surface area contributed by atoms with E-state index in [9.17, 15) is 35.9 Å². The Kier molecular flexibility index (Phi) is 14.0. The van der Waals surface area contributed by atoms with Crippen LogP contribution in [0.4, 0.5) is 26.3 Å². The van der Waals surface area contributed by atoms with Crippen LogP contribution in [-0.2, 0) is 35.2 Å². The van der Waals surface area contributed by atoms with Gasteiger partial charge in [-0.2, -0.15) is 26.3 Å². The molecule has 4 aromatic rings. The van der Waals surface area contributed by atoms with E-state index in [-0.39, 0.29) is 62.8 Å². The zero-order valence-corrected chi connectivity index (χ0v) is 29.7. The summed E-state index contributed by atoms with van der Waals surface area (Å²) in [7, 11) is 0. The summed E-state index contributed by atoms with van der Waals surface area (Å²) in [5.41, 5.74) is -0.505. The van der Waals surface area contributed by atoms with Crippen LogP contribution in [0.1, 0.15) is 35.2 Å². The highest BCUT2D eigenvalue weighted by Crippen LogP contribution is 2.37. The van der Waals surface area contributed by atoms with E-state index in [1.165, 1.54) is 21.9 Å². The van der Waals surface area contributed by atoms with Gasteiger partial charge in [0.2, 0.25) is 0 Å². The molecule has 6 rings (SSSR count). The molecular formula is C38H38F6N4O8. The minimum Gasteiger partial charge on any atom is -0.486 e. The molecule has 0 aliphatic carbocycles. The van der Waals surface area contributed by atoms with Crippen LogP contribution in [-0.4, -0.2) is 93.4 Å². The number of likely N-dealkylation sites (tertiary alicyclic amines) is 2. The fourth-order valence-electron chi connectivity index (χ4n) is 5.72. The third-order valence-electron chi connectivity index (χ3n) is 8.65. The maximum atomic E-state index is 13.0. The smallest absolute Gasteiger partial charge is 0.437 e. The van der Waals surface area contributed by atoms with Crippen molar-refractivity contribution in [2.45, 2.75) is 50.6 Å². The molecule has 0 bridgehead atoms. The van der Waals surface area contributed by atoms with Crippen LogP contribution < -0.4 is 18.9 Å². The number of amides is 2. The quantitative estimate of drug-likeness (QED) is 0.182. The summed E-state index contributed by atoms with van der Waals surface area (Å²) < 4.78 is 99.9. The SMILES string of the molecule is O=C(COc1ccc(CO)cc1)N1CC[C@H](Oc2cccnc2C(F)(F)F)C1.O=C(COc1ccc(CO)cc1)N1CC[C@H](Oc2cnccc2C(F)(F)F)C1. The Morgan fingerprint density at radius 3 is 1.64 bits per heavy atom. The molecule has 2 aliphatic heterocycles. The molecule has 18 heteroatoms. The standard InChI is InChI=1S/2C19H19F3N2O4/c20-19(21,22)16-5-7-23-9-17(16)28-15-6-8-24(10-15)18(26)12-27-14-3-1-13(11-25)2-4-14;20-19(21,22)18-16(2-1-8-23-18)28-15-7-9-24(10-15)17(26)12-27-14-5-3-13(11-25)4-6-14/h1-5,7,9,15,25H,6,8,10-12H2;1-6,8,15,25H,7,9-12H2/t2*15-/m00/s1. The normalized spacial score (nSPS) is 16.9. The number of ether oxygens (including phenoxy) is 4. The molecule has 2 amide bonds. The molecule has 2 saturated heterocycles. The largest absolute Gasteiger partial charge is 0.486 e. The number of aromatic nitrogens is 2. The molecule has 0 radical (unpaired) electrons. The Labute approximate surface area is 317 Å². The zero-order chi connectivity index (χ0) is 40.3. The third-order valence-corrected chi connectivity index (χ3v) is 8.65. The molecule has 2 aliphatic rings. The lowest BCUT2D eigenvalue weighted by Crippen LogP contribution is -2.34. The van der Waals surface area contributed by atoms with Crippen molar-refractivity contribution >= 4 is 11.8 Å². The van der Waals surface area contributed by atoms with Crippen molar-refractivity contribution in [1.29, 1.82) is 0 Å². The highest BCUT2D eigenvalue weighted by Gasteiger charge is 2.38. The van der Waals surface area contributed by atoms with Crippen molar-refractivity contribution in [2.75, 3.05) is 39.4 Å². The van der Waals surface area contributed by atoms with Gasteiger partial charge in [0.25, 0.3) is 11.8 Å². The van der Waals surface area contributed by atoms with Crippen LogP contribution in [0.3, 0.4) is 0 Å². The predicted molar refractivity (Wildman–Crippen MR) is 185 cm³/mol. The number of alkyl halides is 6. The van der Waals surface area contributed by atoms with E-state index in [4.69, 9.17) is 29.2 Å². The number of rotatable bonds is 12. The molecule has 4 heterocycles. The van der Waals surface area contributed by atoms with Crippen molar-refractivity contribution in [2.24, 2.45) is 0 Å². The first-order valence-electron chi connectivity index (χ1n) is 17.3. The molecule has 0 unspecified atom stereocenters. The average Bonchev–Trinajstić information content (AvgIpc) is 3.86. The van der Waals surface area contributed by atoms with Gasteiger partial charge < -0.3 is 39.0 Å². The topological polar surface area (TPSA) is 144 Å². The summed E-state index contributed by atoms with van der Waals surface area (Å²) in [6.45, 7) is 0.562. The van der Waals surface area contributed by atoms with Crippen LogP contribution >= 0.6 is 0 Å². The second kappa shape index (κ2) is 18.8. The Morgan fingerprint density at radius 1 is 0.679 bits per heavy atom. The fourth-order valence-corrected chi connectivity index (χ4v) is 5.72. The van der Waals surface area contributed by atoms with Crippen LogP contribution in [0.5, 0.6) is 23.0 Å². The van der Waals surface area contributed by atoms with Crippen LogP contribution in [0.25, 0.3) is 0 Å². The number of hydrogen-bond acceptors (Lipinski definition) is 10. The number of hydrogen-bond donors (Lipinski definition) is 2. The molecule has 2 aromatic carbocycles. The van der Waals surface area contributed by atoms with Crippen molar-refractivity contribution < 1.29 is 65.1 Å². The fraction of sp³-hybridized carbons (Fsp3) is 0.368. The summed E-state index contributed by atoms with van der Waals surface area (Å²) in [5, 5.41) is 18.0. The first kappa shape index (κ1) is 41.5. The summed E-state index contributed by atoms with van der Waals surface area (Å²) in [6.07, 6.45) is -6.24. The van der Waals surface area contributed by atoms with Gasteiger partial charge in [0.1, 0.15) is 35.0 Å². The molecule has 12 nitrogen and oxygen atoms in total. The second-order valence-corrected chi connectivity index (χ2v) is 12.6. The molecular weight excluding hydrogens is 754 g/mol. The Morgan fingerprint density at radius 2 is 1.18 bits per heavy atom. The number of aliphatic hydroxyl groups is 2. The van der Waals surface area contributed by atoms with Crippen molar-refractivity contribution in [3.8, 4) is 23.0 Å². The highest BCUT2D eigenvalue weighted by atomic mass is 19.4.